The summed E-state index contributed by atoms with van der Waals surface area (Å²) in [5.41, 5.74) is -2.22. The second kappa shape index (κ2) is 8.00. The first-order valence-electron chi connectivity index (χ1n) is 8.87. The van der Waals surface area contributed by atoms with Crippen molar-refractivity contribution in [2.24, 2.45) is 5.92 Å². The Kier molecular flexibility index (Phi) is 5.67. The van der Waals surface area contributed by atoms with Gasteiger partial charge in [-0.2, -0.15) is 18.3 Å². The van der Waals surface area contributed by atoms with Crippen molar-refractivity contribution in [1.29, 1.82) is 0 Å². The molecule has 0 fully saturated rings. The molecule has 1 heterocycles. The van der Waals surface area contributed by atoms with Crippen LogP contribution in [0.4, 0.5) is 13.2 Å². The first kappa shape index (κ1) is 19.9. The number of benzene rings is 1. The van der Waals surface area contributed by atoms with E-state index in [1.54, 1.807) is 0 Å². The third-order valence-corrected chi connectivity index (χ3v) is 4.57. The number of hydrogen-bond donors (Lipinski definition) is 0. The molecule has 0 saturated carbocycles. The fourth-order valence-electron chi connectivity index (χ4n) is 3.10. The van der Waals surface area contributed by atoms with Crippen LogP contribution in [0.2, 0.25) is 0 Å². The number of para-hydroxylation sites is 1. The van der Waals surface area contributed by atoms with Crippen LogP contribution in [0.15, 0.2) is 47.3 Å². The van der Waals surface area contributed by atoms with E-state index in [9.17, 15) is 22.8 Å². The Labute approximate surface area is 159 Å². The van der Waals surface area contributed by atoms with Gasteiger partial charge in [0.05, 0.1) is 17.9 Å². The number of halogens is 3. The van der Waals surface area contributed by atoms with E-state index in [1.165, 1.54) is 25.1 Å². The molecule has 1 atom stereocenters. The molecule has 148 valence electrons. The lowest BCUT2D eigenvalue weighted by Gasteiger charge is -2.18. The highest BCUT2D eigenvalue weighted by atomic mass is 19.4. The molecule has 1 aromatic carbocycles. The molecule has 0 amide bonds. The van der Waals surface area contributed by atoms with Crippen molar-refractivity contribution in [2.45, 2.75) is 32.4 Å². The molecule has 0 bridgehead atoms. The first-order valence-corrected chi connectivity index (χ1v) is 8.87. The fourth-order valence-corrected chi connectivity index (χ4v) is 3.10. The zero-order valence-electron chi connectivity index (χ0n) is 15.2. The topological polar surface area (TPSA) is 61.2 Å². The van der Waals surface area contributed by atoms with Crippen LogP contribution >= 0.6 is 0 Å². The van der Waals surface area contributed by atoms with Gasteiger partial charge in [0.2, 0.25) is 11.1 Å². The van der Waals surface area contributed by atoms with Crippen molar-refractivity contribution in [3.8, 4) is 5.69 Å². The summed E-state index contributed by atoms with van der Waals surface area (Å²) in [5, 5.41) is 3.90. The molecule has 1 aromatic heterocycles. The largest absolute Gasteiger partial charge is 0.461 e. The lowest BCUT2D eigenvalue weighted by atomic mass is 9.95. The fraction of sp³-hybridized carbons (Fsp3) is 0.350. The van der Waals surface area contributed by atoms with Gasteiger partial charge in [-0.05, 0) is 44.2 Å². The molecular weight excluding hydrogens is 373 g/mol. The number of rotatable bonds is 4. The smallest absolute Gasteiger partial charge is 0.418 e. The number of nitrogens with zero attached hydrogens (tertiary/aromatic N) is 2. The lowest BCUT2D eigenvalue weighted by Crippen LogP contribution is -2.26. The molecule has 8 heteroatoms. The maximum absolute atomic E-state index is 13.3. The molecular formula is C20H19F3N2O3. The van der Waals surface area contributed by atoms with Crippen molar-refractivity contribution in [3.63, 3.8) is 0 Å². The van der Waals surface area contributed by atoms with E-state index in [4.69, 9.17) is 4.74 Å². The maximum Gasteiger partial charge on any atom is 0.418 e. The van der Waals surface area contributed by atoms with Crippen molar-refractivity contribution in [2.75, 3.05) is 6.61 Å². The Morgan fingerprint density at radius 1 is 1.29 bits per heavy atom. The van der Waals surface area contributed by atoms with Gasteiger partial charge in [0.15, 0.2) is 0 Å². The van der Waals surface area contributed by atoms with Gasteiger partial charge in [-0.1, -0.05) is 24.3 Å². The second-order valence-electron chi connectivity index (χ2n) is 6.67. The summed E-state index contributed by atoms with van der Waals surface area (Å²) in [4.78, 5) is 24.5. The van der Waals surface area contributed by atoms with E-state index in [0.717, 1.165) is 36.1 Å². The SMILES string of the molecule is Cc1cc(=O)c(C(=O)OCC2CC=CCC2)nn1-c1ccccc1C(F)(F)F. The molecule has 0 spiro atoms. The van der Waals surface area contributed by atoms with Gasteiger partial charge in [-0.3, -0.25) is 4.79 Å². The Morgan fingerprint density at radius 2 is 2.04 bits per heavy atom. The lowest BCUT2D eigenvalue weighted by molar-refractivity contribution is -0.137. The average Bonchev–Trinajstić information content (AvgIpc) is 2.66. The minimum Gasteiger partial charge on any atom is -0.461 e. The molecule has 1 aliphatic rings. The van der Waals surface area contributed by atoms with E-state index < -0.39 is 28.8 Å². The van der Waals surface area contributed by atoms with E-state index in [0.29, 0.717) is 0 Å². The summed E-state index contributed by atoms with van der Waals surface area (Å²) in [6.07, 6.45) is 1.99. The summed E-state index contributed by atoms with van der Waals surface area (Å²) < 4.78 is 46.1. The van der Waals surface area contributed by atoms with Crippen LogP contribution in [0.5, 0.6) is 0 Å². The summed E-state index contributed by atoms with van der Waals surface area (Å²) in [6, 6.07) is 5.93. The van der Waals surface area contributed by atoms with Crippen LogP contribution in [-0.4, -0.2) is 22.4 Å². The number of aromatic nitrogens is 2. The summed E-state index contributed by atoms with van der Waals surface area (Å²) in [6.45, 7) is 1.59. The maximum atomic E-state index is 13.3. The molecule has 2 aromatic rings. The Balaban J connectivity index is 1.92. The summed E-state index contributed by atoms with van der Waals surface area (Å²) in [5.74, 6) is -0.773. The van der Waals surface area contributed by atoms with Crippen LogP contribution in [0, 0.1) is 12.8 Å². The quantitative estimate of drug-likeness (QED) is 0.581. The van der Waals surface area contributed by atoms with E-state index in [2.05, 4.69) is 11.2 Å². The number of aryl methyl sites for hydroxylation is 1. The number of hydrogen-bond acceptors (Lipinski definition) is 4. The number of alkyl halides is 3. The number of carbonyl (C=O) groups excluding carboxylic acids is 1. The van der Waals surface area contributed by atoms with Crippen LogP contribution in [0.1, 0.15) is 41.0 Å². The predicted molar refractivity (Wildman–Crippen MR) is 96.3 cm³/mol. The zero-order valence-corrected chi connectivity index (χ0v) is 15.2. The highest BCUT2D eigenvalue weighted by molar-refractivity contribution is 5.87. The van der Waals surface area contributed by atoms with Gasteiger partial charge in [0, 0.05) is 11.8 Å². The molecule has 3 rings (SSSR count). The highest BCUT2D eigenvalue weighted by Gasteiger charge is 2.34. The average molecular weight is 392 g/mol. The van der Waals surface area contributed by atoms with Crippen molar-refractivity contribution in [3.05, 3.63) is 69.7 Å². The molecule has 0 aliphatic heterocycles. The monoisotopic (exact) mass is 392 g/mol. The Bertz CT molecular complexity index is 964. The van der Waals surface area contributed by atoms with Gasteiger partial charge in [0.1, 0.15) is 0 Å². The summed E-state index contributed by atoms with van der Waals surface area (Å²) >= 11 is 0. The third kappa shape index (κ3) is 4.32. The van der Waals surface area contributed by atoms with Crippen molar-refractivity contribution >= 4 is 5.97 Å². The number of allylic oxidation sites excluding steroid dienone is 2. The zero-order chi connectivity index (χ0) is 20.3. The molecule has 0 saturated heterocycles. The van der Waals surface area contributed by atoms with Gasteiger partial charge < -0.3 is 4.74 Å². The predicted octanol–water partition coefficient (Wildman–Crippen LogP) is 4.07. The van der Waals surface area contributed by atoms with Crippen LogP contribution < -0.4 is 5.43 Å². The van der Waals surface area contributed by atoms with Gasteiger partial charge >= 0.3 is 12.1 Å². The van der Waals surface area contributed by atoms with E-state index in [1.807, 2.05) is 6.08 Å². The van der Waals surface area contributed by atoms with Gasteiger partial charge in [-0.25, -0.2) is 9.48 Å². The van der Waals surface area contributed by atoms with Crippen molar-refractivity contribution in [1.82, 2.24) is 9.78 Å². The standard InChI is InChI=1S/C20H19F3N2O3/c1-13-11-17(26)18(19(27)28-12-14-7-3-2-4-8-14)24-25(13)16-10-6-5-9-15(16)20(21,22)23/h2-3,5-6,9-11,14H,4,7-8,12H2,1H3. The normalized spacial score (nSPS) is 16.8. The minimum atomic E-state index is -4.61. The highest BCUT2D eigenvalue weighted by Crippen LogP contribution is 2.33. The molecule has 28 heavy (non-hydrogen) atoms. The van der Waals surface area contributed by atoms with Crippen LogP contribution in [0.3, 0.4) is 0 Å². The second-order valence-corrected chi connectivity index (χ2v) is 6.67. The number of esters is 1. The van der Waals surface area contributed by atoms with Gasteiger partial charge in [0.25, 0.3) is 0 Å². The summed E-state index contributed by atoms with van der Waals surface area (Å²) in [7, 11) is 0. The minimum absolute atomic E-state index is 0.136. The van der Waals surface area contributed by atoms with Crippen LogP contribution in [-0.2, 0) is 10.9 Å². The molecule has 1 aliphatic carbocycles. The molecule has 0 N–H and O–H groups in total. The van der Waals surface area contributed by atoms with Crippen molar-refractivity contribution < 1.29 is 22.7 Å². The molecule has 5 nitrogen and oxygen atoms in total. The third-order valence-electron chi connectivity index (χ3n) is 4.57. The first-order chi connectivity index (χ1) is 13.3. The van der Waals surface area contributed by atoms with E-state index in [-0.39, 0.29) is 23.9 Å². The Hall–Kier alpha value is -2.90. The Morgan fingerprint density at radius 3 is 2.71 bits per heavy atom. The molecule has 0 radical (unpaired) electrons. The number of carbonyl (C=O) groups is 1. The van der Waals surface area contributed by atoms with Crippen LogP contribution in [0.25, 0.3) is 5.69 Å². The molecule has 1 unspecified atom stereocenters. The van der Waals surface area contributed by atoms with E-state index >= 15 is 0 Å². The number of ether oxygens (including phenoxy) is 1. The van der Waals surface area contributed by atoms with Gasteiger partial charge in [-0.15, -0.1) is 0 Å².